The molecule has 2 aromatic rings. The maximum Gasteiger partial charge on any atom is 0.341 e. The zero-order valence-corrected chi connectivity index (χ0v) is 22.6. The third-order valence-electron chi connectivity index (χ3n) is 7.90. The lowest BCUT2D eigenvalue weighted by Gasteiger charge is -2.29. The lowest BCUT2D eigenvalue weighted by atomic mass is 9.77. The minimum atomic E-state index is -0.589. The molecule has 0 unspecified atom stereocenters. The highest BCUT2D eigenvalue weighted by Gasteiger charge is 2.22. The molecule has 0 aliphatic heterocycles. The SMILES string of the molecule is C=C(CO)C(=O)Oc1ccc(-c2ccc(C3CCC(CCCCCCCCC)CC3)cc2)c(CC)c1. The summed E-state index contributed by atoms with van der Waals surface area (Å²) in [7, 11) is 0. The van der Waals surface area contributed by atoms with Gasteiger partial charge < -0.3 is 9.84 Å². The van der Waals surface area contributed by atoms with Crippen molar-refractivity contribution >= 4 is 5.97 Å². The van der Waals surface area contributed by atoms with E-state index in [2.05, 4.69) is 44.7 Å². The highest BCUT2D eigenvalue weighted by Crippen LogP contribution is 2.38. The molecule has 3 nitrogen and oxygen atoms in total. The highest BCUT2D eigenvalue weighted by molar-refractivity contribution is 5.89. The summed E-state index contributed by atoms with van der Waals surface area (Å²) in [6.07, 6.45) is 17.5. The second-order valence-corrected chi connectivity index (χ2v) is 10.6. The summed E-state index contributed by atoms with van der Waals surface area (Å²) in [4.78, 5) is 11.9. The molecule has 1 aliphatic carbocycles. The summed E-state index contributed by atoms with van der Waals surface area (Å²) in [6.45, 7) is 7.53. The number of unbranched alkanes of at least 4 members (excludes halogenated alkanes) is 6. The molecule has 0 bridgehead atoms. The van der Waals surface area contributed by atoms with Gasteiger partial charge in [0, 0.05) is 0 Å². The van der Waals surface area contributed by atoms with Crippen LogP contribution in [0.3, 0.4) is 0 Å². The number of aliphatic hydroxyl groups excluding tert-OH is 1. The molecule has 1 N–H and O–H groups in total. The van der Waals surface area contributed by atoms with E-state index in [1.807, 2.05) is 18.2 Å². The first-order valence-electron chi connectivity index (χ1n) is 14.3. The summed E-state index contributed by atoms with van der Waals surface area (Å²) in [5, 5.41) is 9.08. The lowest BCUT2D eigenvalue weighted by molar-refractivity contribution is -0.130. The predicted octanol–water partition coefficient (Wildman–Crippen LogP) is 8.78. The molecule has 0 radical (unpaired) electrons. The number of aliphatic hydroxyl groups is 1. The molecule has 3 heteroatoms. The van der Waals surface area contributed by atoms with Crippen molar-refractivity contribution in [3.63, 3.8) is 0 Å². The summed E-state index contributed by atoms with van der Waals surface area (Å²) >= 11 is 0. The van der Waals surface area contributed by atoms with Crippen molar-refractivity contribution in [1.82, 2.24) is 0 Å². The van der Waals surface area contributed by atoms with Gasteiger partial charge in [0.05, 0.1) is 12.2 Å². The Labute approximate surface area is 219 Å². The Morgan fingerprint density at radius 2 is 1.58 bits per heavy atom. The summed E-state index contributed by atoms with van der Waals surface area (Å²) in [5.41, 5.74) is 5.02. The van der Waals surface area contributed by atoms with E-state index in [0.29, 0.717) is 11.7 Å². The first-order valence-corrected chi connectivity index (χ1v) is 14.3. The van der Waals surface area contributed by atoms with Gasteiger partial charge in [-0.2, -0.15) is 0 Å². The molecule has 0 atom stereocenters. The van der Waals surface area contributed by atoms with Crippen molar-refractivity contribution in [3.05, 3.63) is 65.7 Å². The molecular weight excluding hydrogens is 444 g/mol. The second kappa shape index (κ2) is 15.0. The largest absolute Gasteiger partial charge is 0.423 e. The van der Waals surface area contributed by atoms with Crippen LogP contribution in [0.4, 0.5) is 0 Å². The number of ether oxygens (including phenoxy) is 1. The molecule has 3 rings (SSSR count). The predicted molar refractivity (Wildman–Crippen MR) is 150 cm³/mol. The van der Waals surface area contributed by atoms with Crippen molar-refractivity contribution in [2.45, 2.75) is 103 Å². The normalized spacial score (nSPS) is 17.6. The van der Waals surface area contributed by atoms with Crippen LogP contribution < -0.4 is 4.74 Å². The third kappa shape index (κ3) is 8.34. The Balaban J connectivity index is 1.50. The van der Waals surface area contributed by atoms with E-state index in [0.717, 1.165) is 17.9 Å². The van der Waals surface area contributed by atoms with Crippen LogP contribution in [0.2, 0.25) is 0 Å². The fourth-order valence-corrected chi connectivity index (χ4v) is 5.56. The molecule has 1 aliphatic rings. The quantitative estimate of drug-likeness (QED) is 0.125. The van der Waals surface area contributed by atoms with Gasteiger partial charge in [0.2, 0.25) is 0 Å². The Morgan fingerprint density at radius 3 is 2.22 bits per heavy atom. The summed E-state index contributed by atoms with van der Waals surface area (Å²) < 4.78 is 5.36. The molecule has 36 heavy (non-hydrogen) atoms. The molecule has 0 heterocycles. The Bertz CT molecular complexity index is 951. The maximum atomic E-state index is 11.9. The number of hydrogen-bond acceptors (Lipinski definition) is 3. The summed E-state index contributed by atoms with van der Waals surface area (Å²) in [6, 6.07) is 14.9. The van der Waals surface area contributed by atoms with Crippen molar-refractivity contribution < 1.29 is 14.6 Å². The number of benzene rings is 2. The van der Waals surface area contributed by atoms with Crippen LogP contribution in [0, 0.1) is 5.92 Å². The van der Waals surface area contributed by atoms with Gasteiger partial charge in [-0.05, 0) is 78.3 Å². The van der Waals surface area contributed by atoms with Crippen molar-refractivity contribution in [2.75, 3.05) is 6.61 Å². The molecule has 1 saturated carbocycles. The van der Waals surface area contributed by atoms with Crippen LogP contribution in [0.25, 0.3) is 11.1 Å². The van der Waals surface area contributed by atoms with E-state index in [9.17, 15) is 4.79 Å². The average Bonchev–Trinajstić information content (AvgIpc) is 2.92. The van der Waals surface area contributed by atoms with E-state index in [1.165, 1.54) is 93.7 Å². The number of aryl methyl sites for hydroxylation is 1. The number of esters is 1. The number of carbonyl (C=O) groups excluding carboxylic acids is 1. The van der Waals surface area contributed by atoms with Crippen LogP contribution in [0.5, 0.6) is 5.75 Å². The van der Waals surface area contributed by atoms with Gasteiger partial charge in [0.15, 0.2) is 0 Å². The second-order valence-electron chi connectivity index (χ2n) is 10.6. The zero-order valence-electron chi connectivity index (χ0n) is 22.6. The van der Waals surface area contributed by atoms with Gasteiger partial charge in [-0.1, -0.05) is 102 Å². The van der Waals surface area contributed by atoms with Crippen LogP contribution in [-0.2, 0) is 11.2 Å². The van der Waals surface area contributed by atoms with Gasteiger partial charge in [-0.3, -0.25) is 0 Å². The number of carbonyl (C=O) groups is 1. The fourth-order valence-electron chi connectivity index (χ4n) is 5.56. The lowest BCUT2D eigenvalue weighted by Crippen LogP contribution is -2.13. The molecule has 1 fully saturated rings. The Hall–Kier alpha value is -2.39. The molecule has 196 valence electrons. The van der Waals surface area contributed by atoms with Crippen molar-refractivity contribution in [3.8, 4) is 16.9 Å². The Kier molecular flexibility index (Phi) is 11.7. The molecule has 2 aromatic carbocycles. The van der Waals surface area contributed by atoms with Gasteiger partial charge in [0.25, 0.3) is 0 Å². The molecule has 0 saturated heterocycles. The molecule has 0 aromatic heterocycles. The van der Waals surface area contributed by atoms with E-state index in [4.69, 9.17) is 9.84 Å². The van der Waals surface area contributed by atoms with Gasteiger partial charge in [-0.15, -0.1) is 0 Å². The van der Waals surface area contributed by atoms with Gasteiger partial charge in [-0.25, -0.2) is 4.79 Å². The highest BCUT2D eigenvalue weighted by atomic mass is 16.5. The van der Waals surface area contributed by atoms with E-state index in [1.54, 1.807) is 0 Å². The minimum absolute atomic E-state index is 0.0551. The molecule has 0 amide bonds. The first kappa shape index (κ1) is 28.2. The molecule has 0 spiro atoms. The molecular formula is C33H46O3. The van der Waals surface area contributed by atoms with Crippen molar-refractivity contribution in [2.24, 2.45) is 5.92 Å². The van der Waals surface area contributed by atoms with E-state index in [-0.39, 0.29) is 5.57 Å². The van der Waals surface area contributed by atoms with Gasteiger partial charge in [0.1, 0.15) is 5.75 Å². The maximum absolute atomic E-state index is 11.9. The monoisotopic (exact) mass is 490 g/mol. The van der Waals surface area contributed by atoms with Crippen LogP contribution in [-0.4, -0.2) is 17.7 Å². The van der Waals surface area contributed by atoms with Crippen LogP contribution in [0.15, 0.2) is 54.6 Å². The van der Waals surface area contributed by atoms with Crippen LogP contribution >= 0.6 is 0 Å². The van der Waals surface area contributed by atoms with Crippen LogP contribution in [0.1, 0.15) is 108 Å². The standard InChI is InChI=1S/C33H46O3/c1-4-6-7-8-9-10-11-12-26-13-15-28(16-14-26)29-17-19-30(20-18-29)32-22-21-31(23-27(32)5-2)36-33(35)25(3)24-34/h17-23,26,28,34H,3-16,24H2,1-2H3. The van der Waals surface area contributed by atoms with Crippen molar-refractivity contribution in [1.29, 1.82) is 0 Å². The topological polar surface area (TPSA) is 46.5 Å². The van der Waals surface area contributed by atoms with Gasteiger partial charge >= 0.3 is 5.97 Å². The average molecular weight is 491 g/mol. The third-order valence-corrected chi connectivity index (χ3v) is 7.90. The zero-order chi connectivity index (χ0) is 25.8. The minimum Gasteiger partial charge on any atom is -0.423 e. The smallest absolute Gasteiger partial charge is 0.341 e. The van der Waals surface area contributed by atoms with E-state index < -0.39 is 12.6 Å². The Morgan fingerprint density at radius 1 is 0.917 bits per heavy atom. The number of rotatable bonds is 14. The van der Waals surface area contributed by atoms with E-state index >= 15 is 0 Å². The fraction of sp³-hybridized carbons (Fsp3) is 0.545. The first-order chi connectivity index (χ1) is 17.5. The number of hydrogen-bond donors (Lipinski definition) is 1. The summed E-state index contributed by atoms with van der Waals surface area (Å²) in [5.74, 6) is 1.52.